The number of hydrogen-bond donors (Lipinski definition) is 2. The third-order valence-electron chi connectivity index (χ3n) is 1.37. The summed E-state index contributed by atoms with van der Waals surface area (Å²) >= 11 is 0. The fraction of sp³-hybridized carbons (Fsp3) is 1.00. The van der Waals surface area contributed by atoms with Gasteiger partial charge in [-0.25, -0.2) is 4.57 Å². The van der Waals surface area contributed by atoms with Crippen molar-refractivity contribution in [2.24, 2.45) is 0 Å². The zero-order chi connectivity index (χ0) is 9.07. The molecular weight excluding hydrogens is 169 g/mol. The molecule has 0 aliphatic rings. The highest BCUT2D eigenvalue weighted by molar-refractivity contribution is 7.46. The molecule has 0 saturated carbocycles. The molecule has 1 unspecified atom stereocenters. The maximum atomic E-state index is 10.2. The molecule has 5 nitrogen and oxygen atoms in total. The maximum Gasteiger partial charge on any atom is 0.469 e. The molecule has 0 aliphatic carbocycles. The van der Waals surface area contributed by atoms with Crippen molar-refractivity contribution in [2.75, 3.05) is 20.7 Å². The summed E-state index contributed by atoms with van der Waals surface area (Å²) in [4.78, 5) is 18.5. The molecule has 68 valence electrons. The molecule has 0 aromatic heterocycles. The number of phosphoric acid groups is 1. The van der Waals surface area contributed by atoms with Gasteiger partial charge in [0.25, 0.3) is 0 Å². The molecule has 0 amide bonds. The van der Waals surface area contributed by atoms with Gasteiger partial charge in [-0.15, -0.1) is 0 Å². The second kappa shape index (κ2) is 4.18. The fourth-order valence-corrected chi connectivity index (χ4v) is 0.764. The zero-order valence-corrected chi connectivity index (χ0v) is 7.78. The summed E-state index contributed by atoms with van der Waals surface area (Å²) in [6.45, 7) is 1.85. The monoisotopic (exact) mass is 183 g/mol. The first-order valence-corrected chi connectivity index (χ1v) is 4.72. The van der Waals surface area contributed by atoms with Crippen molar-refractivity contribution in [3.8, 4) is 0 Å². The van der Waals surface area contributed by atoms with Crippen LogP contribution in [0.25, 0.3) is 0 Å². The van der Waals surface area contributed by atoms with Crippen molar-refractivity contribution in [3.05, 3.63) is 0 Å². The molecule has 0 heterocycles. The van der Waals surface area contributed by atoms with Gasteiger partial charge in [0.15, 0.2) is 0 Å². The largest absolute Gasteiger partial charge is 0.469 e. The third kappa shape index (κ3) is 6.47. The Bertz CT molecular complexity index is 155. The second-order valence-corrected chi connectivity index (χ2v) is 3.84. The highest BCUT2D eigenvalue weighted by Gasteiger charge is 2.16. The van der Waals surface area contributed by atoms with Crippen molar-refractivity contribution in [1.29, 1.82) is 0 Å². The molecule has 0 spiro atoms. The minimum Gasteiger partial charge on any atom is -0.304 e. The minimum absolute atomic E-state index is 0.00243. The van der Waals surface area contributed by atoms with Gasteiger partial charge in [-0.1, -0.05) is 0 Å². The molecular formula is C5H14NO4P. The number of nitrogens with zero attached hydrogens (tertiary/aromatic N) is 1. The summed E-state index contributed by atoms with van der Waals surface area (Å²) in [5, 5.41) is 0. The predicted octanol–water partition coefficient (Wildman–Crippen LogP) is 0.0458. The van der Waals surface area contributed by atoms with E-state index in [1.807, 2.05) is 25.9 Å². The molecule has 0 aromatic carbocycles. The lowest BCUT2D eigenvalue weighted by atomic mass is 10.3. The van der Waals surface area contributed by atoms with E-state index in [1.54, 1.807) is 0 Å². The van der Waals surface area contributed by atoms with Gasteiger partial charge in [-0.3, -0.25) is 4.52 Å². The molecule has 6 heteroatoms. The van der Waals surface area contributed by atoms with Crippen LogP contribution in [0.15, 0.2) is 0 Å². The van der Waals surface area contributed by atoms with Crippen LogP contribution in [-0.4, -0.2) is 41.4 Å². The number of hydrogen-bond acceptors (Lipinski definition) is 3. The van der Waals surface area contributed by atoms with E-state index in [1.165, 1.54) is 0 Å². The Hall–Kier alpha value is 0.0700. The van der Waals surface area contributed by atoms with Crippen LogP contribution in [0.5, 0.6) is 0 Å². The smallest absolute Gasteiger partial charge is 0.304 e. The lowest BCUT2D eigenvalue weighted by molar-refractivity contribution is 0.147. The second-order valence-electron chi connectivity index (χ2n) is 2.60. The quantitative estimate of drug-likeness (QED) is 0.602. The van der Waals surface area contributed by atoms with Crippen LogP contribution in [0.4, 0.5) is 0 Å². The SMILES string of the molecule is CC(COP(=O)(O)O)N(C)C. The van der Waals surface area contributed by atoms with E-state index in [4.69, 9.17) is 9.79 Å². The van der Waals surface area contributed by atoms with Crippen LogP contribution in [-0.2, 0) is 9.09 Å². The fourth-order valence-electron chi connectivity index (χ4n) is 0.354. The van der Waals surface area contributed by atoms with Crippen molar-refractivity contribution in [3.63, 3.8) is 0 Å². The van der Waals surface area contributed by atoms with Gasteiger partial charge >= 0.3 is 7.82 Å². The summed E-state index contributed by atoms with van der Waals surface area (Å²) in [7, 11) is -0.660. The molecule has 0 aromatic rings. The lowest BCUT2D eigenvalue weighted by Gasteiger charge is -2.19. The van der Waals surface area contributed by atoms with Gasteiger partial charge in [-0.05, 0) is 21.0 Å². The normalized spacial score (nSPS) is 15.5. The Morgan fingerprint density at radius 2 is 2.00 bits per heavy atom. The molecule has 0 saturated heterocycles. The maximum absolute atomic E-state index is 10.2. The van der Waals surface area contributed by atoms with Crippen LogP contribution in [0.3, 0.4) is 0 Å². The number of likely N-dealkylation sites (N-methyl/N-ethyl adjacent to an activating group) is 1. The van der Waals surface area contributed by atoms with Crippen LogP contribution in [0.1, 0.15) is 6.92 Å². The summed E-state index contributed by atoms with van der Waals surface area (Å²) in [6.07, 6.45) is 0. The molecule has 11 heavy (non-hydrogen) atoms. The average molecular weight is 183 g/mol. The molecule has 0 bridgehead atoms. The molecule has 0 rings (SSSR count). The summed E-state index contributed by atoms with van der Waals surface area (Å²) in [5.41, 5.74) is 0. The Labute approximate surface area is 66.2 Å². The minimum atomic E-state index is -4.29. The molecule has 1 atom stereocenters. The number of rotatable bonds is 4. The summed E-state index contributed by atoms with van der Waals surface area (Å²) in [6, 6.07) is 0.00243. The van der Waals surface area contributed by atoms with Crippen molar-refractivity contribution in [2.45, 2.75) is 13.0 Å². The first-order valence-electron chi connectivity index (χ1n) is 3.19. The Balaban J connectivity index is 3.63. The Morgan fingerprint density at radius 3 is 2.27 bits per heavy atom. The van der Waals surface area contributed by atoms with Crippen LogP contribution >= 0.6 is 7.82 Å². The van der Waals surface area contributed by atoms with E-state index in [0.29, 0.717) is 0 Å². The van der Waals surface area contributed by atoms with Crippen molar-refractivity contribution < 1.29 is 18.9 Å². The van der Waals surface area contributed by atoms with Crippen LogP contribution in [0, 0.1) is 0 Å². The average Bonchev–Trinajstić information content (AvgIpc) is 1.80. The third-order valence-corrected chi connectivity index (χ3v) is 1.85. The molecule has 2 N–H and O–H groups in total. The van der Waals surface area contributed by atoms with Gasteiger partial charge in [-0.2, -0.15) is 0 Å². The van der Waals surface area contributed by atoms with Gasteiger partial charge in [0.05, 0.1) is 6.61 Å². The van der Waals surface area contributed by atoms with E-state index in [0.717, 1.165) is 0 Å². The van der Waals surface area contributed by atoms with Gasteiger partial charge in [0.1, 0.15) is 0 Å². The highest BCUT2D eigenvalue weighted by atomic mass is 31.2. The summed E-state index contributed by atoms with van der Waals surface area (Å²) < 4.78 is 14.5. The molecule has 0 radical (unpaired) electrons. The van der Waals surface area contributed by atoms with E-state index in [9.17, 15) is 4.57 Å². The first-order chi connectivity index (χ1) is 4.83. The van der Waals surface area contributed by atoms with E-state index in [-0.39, 0.29) is 12.6 Å². The zero-order valence-electron chi connectivity index (χ0n) is 6.89. The summed E-state index contributed by atoms with van der Waals surface area (Å²) in [5.74, 6) is 0. The standard InChI is InChI=1S/C5H14NO4P/c1-5(6(2)3)4-10-11(7,8)9/h5H,4H2,1-3H3,(H2,7,8,9). The molecule has 0 aliphatic heterocycles. The van der Waals surface area contributed by atoms with E-state index in [2.05, 4.69) is 4.52 Å². The number of phosphoric ester groups is 1. The van der Waals surface area contributed by atoms with E-state index >= 15 is 0 Å². The highest BCUT2D eigenvalue weighted by Crippen LogP contribution is 2.35. The van der Waals surface area contributed by atoms with Gasteiger partial charge in [0.2, 0.25) is 0 Å². The van der Waals surface area contributed by atoms with E-state index < -0.39 is 7.82 Å². The Morgan fingerprint density at radius 1 is 1.55 bits per heavy atom. The molecule has 0 fully saturated rings. The topological polar surface area (TPSA) is 70.0 Å². The van der Waals surface area contributed by atoms with Crippen LogP contribution in [0.2, 0.25) is 0 Å². The first kappa shape index (κ1) is 11.1. The van der Waals surface area contributed by atoms with Crippen molar-refractivity contribution in [1.82, 2.24) is 4.90 Å². The van der Waals surface area contributed by atoms with Gasteiger partial charge in [0, 0.05) is 6.04 Å². The van der Waals surface area contributed by atoms with Crippen LogP contribution < -0.4 is 0 Å². The predicted molar refractivity (Wildman–Crippen MR) is 41.1 cm³/mol. The Kier molecular flexibility index (Phi) is 4.21. The lowest BCUT2D eigenvalue weighted by Crippen LogP contribution is -2.28. The van der Waals surface area contributed by atoms with Crippen molar-refractivity contribution >= 4 is 7.82 Å². The van der Waals surface area contributed by atoms with Gasteiger partial charge < -0.3 is 14.7 Å².